The summed E-state index contributed by atoms with van der Waals surface area (Å²) < 4.78 is 29.1. The molecule has 0 aromatic heterocycles. The Balaban J connectivity index is 1.72. The second kappa shape index (κ2) is 9.50. The predicted octanol–water partition coefficient (Wildman–Crippen LogP) is 3.93. The van der Waals surface area contributed by atoms with Crippen molar-refractivity contribution < 1.29 is 27.9 Å². The number of ketones is 2. The van der Waals surface area contributed by atoms with Crippen LogP contribution in [-0.2, 0) is 19.1 Å². The minimum atomic E-state index is -3.01. The van der Waals surface area contributed by atoms with Gasteiger partial charge >= 0.3 is 6.61 Å². The van der Waals surface area contributed by atoms with E-state index >= 15 is 0 Å². The summed E-state index contributed by atoms with van der Waals surface area (Å²) in [5.41, 5.74) is 2.95. The molecule has 1 aromatic rings. The number of likely N-dealkylation sites (tertiary alicyclic amines) is 1. The van der Waals surface area contributed by atoms with Crippen molar-refractivity contribution in [2.75, 3.05) is 13.1 Å². The number of carbonyl (C=O) groups is 3. The molecular weight excluding hydrogens is 416 g/mol. The molecule has 2 fully saturated rings. The van der Waals surface area contributed by atoms with Gasteiger partial charge in [-0.2, -0.15) is 8.78 Å². The number of halogens is 2. The molecule has 1 spiro atoms. The van der Waals surface area contributed by atoms with Crippen molar-refractivity contribution in [1.29, 1.82) is 0 Å². The Bertz CT molecular complexity index is 940. The van der Waals surface area contributed by atoms with E-state index in [1.807, 2.05) is 26.0 Å². The molecule has 5 nitrogen and oxygen atoms in total. The minimum absolute atomic E-state index is 0.0871. The average molecular weight is 446 g/mol. The molecule has 1 saturated carbocycles. The molecule has 0 bridgehead atoms. The fraction of sp³-hybridized carbons (Fsp3) is 0.560. The molecule has 1 aliphatic heterocycles. The highest BCUT2D eigenvalue weighted by atomic mass is 19.3. The van der Waals surface area contributed by atoms with Gasteiger partial charge in [0.2, 0.25) is 0 Å². The molecule has 0 N–H and O–H groups in total. The first-order valence-corrected chi connectivity index (χ1v) is 10.9. The van der Waals surface area contributed by atoms with Gasteiger partial charge in [-0.25, -0.2) is 0 Å². The van der Waals surface area contributed by atoms with E-state index in [4.69, 9.17) is 0 Å². The lowest BCUT2D eigenvalue weighted by atomic mass is 9.62. The summed E-state index contributed by atoms with van der Waals surface area (Å²) in [6.45, 7) is 4.51. The summed E-state index contributed by atoms with van der Waals surface area (Å²) in [7, 11) is 0. The molecule has 2 aliphatic rings. The molecular formula is C25H29F2NO4. The van der Waals surface area contributed by atoms with Crippen LogP contribution in [0.15, 0.2) is 12.1 Å². The lowest BCUT2D eigenvalue weighted by Gasteiger charge is -2.45. The molecule has 1 aliphatic carbocycles. The van der Waals surface area contributed by atoms with Gasteiger partial charge in [0.25, 0.3) is 5.91 Å². The molecule has 0 radical (unpaired) electrons. The molecule has 1 saturated heterocycles. The van der Waals surface area contributed by atoms with Crippen molar-refractivity contribution >= 4 is 17.5 Å². The number of amides is 1. The van der Waals surface area contributed by atoms with Crippen molar-refractivity contribution in [3.05, 3.63) is 34.4 Å². The van der Waals surface area contributed by atoms with Crippen LogP contribution in [0, 0.1) is 31.1 Å². The van der Waals surface area contributed by atoms with E-state index in [9.17, 15) is 23.2 Å². The van der Waals surface area contributed by atoms with E-state index in [2.05, 4.69) is 16.6 Å². The van der Waals surface area contributed by atoms with Gasteiger partial charge in [0.15, 0.2) is 0 Å². The Hall–Kier alpha value is -2.59. The van der Waals surface area contributed by atoms with Crippen LogP contribution < -0.4 is 0 Å². The first kappa shape index (κ1) is 24.1. The van der Waals surface area contributed by atoms with E-state index in [1.165, 1.54) is 11.8 Å². The zero-order valence-electron chi connectivity index (χ0n) is 19.0. The zero-order chi connectivity index (χ0) is 23.6. The summed E-state index contributed by atoms with van der Waals surface area (Å²) in [4.78, 5) is 40.2. The third kappa shape index (κ3) is 4.91. The second-order valence-electron chi connectivity index (χ2n) is 8.98. The standard InChI is InChI=1S/C25H29F2NO4/c1-5-6-18-11-15(2)21(16(3)12-18)22-19(29)13-25(14-20(22)30)7-9-28(10-8-25)23(31)17(4)32-24(26)27/h11-12,17,22,24H,7-10,13-14H2,1-4H3. The summed E-state index contributed by atoms with van der Waals surface area (Å²) in [5, 5.41) is 0. The van der Waals surface area contributed by atoms with E-state index in [1.54, 1.807) is 6.92 Å². The normalized spacial score (nSPS) is 19.8. The number of aryl methyl sites for hydroxylation is 2. The predicted molar refractivity (Wildman–Crippen MR) is 115 cm³/mol. The third-order valence-electron chi connectivity index (χ3n) is 6.68. The maximum Gasteiger partial charge on any atom is 0.346 e. The van der Waals surface area contributed by atoms with Gasteiger partial charge in [0.05, 0.1) is 0 Å². The van der Waals surface area contributed by atoms with E-state index < -0.39 is 30.0 Å². The molecule has 1 amide bonds. The number of benzene rings is 1. The Kier molecular flexibility index (Phi) is 7.14. The number of nitrogens with zero attached hydrogens (tertiary/aromatic N) is 1. The first-order valence-electron chi connectivity index (χ1n) is 10.9. The second-order valence-corrected chi connectivity index (χ2v) is 8.98. The number of piperidine rings is 1. The summed E-state index contributed by atoms with van der Waals surface area (Å²) >= 11 is 0. The highest BCUT2D eigenvalue weighted by molar-refractivity contribution is 6.10. The van der Waals surface area contributed by atoms with Crippen LogP contribution >= 0.6 is 0 Å². The largest absolute Gasteiger partial charge is 0.346 e. The lowest BCUT2D eigenvalue weighted by Crippen LogP contribution is -2.50. The number of carbonyl (C=O) groups excluding carboxylic acids is 3. The van der Waals surface area contributed by atoms with Gasteiger partial charge < -0.3 is 9.64 Å². The topological polar surface area (TPSA) is 63.7 Å². The average Bonchev–Trinajstić information content (AvgIpc) is 2.69. The third-order valence-corrected chi connectivity index (χ3v) is 6.68. The number of rotatable bonds is 4. The molecule has 7 heteroatoms. The van der Waals surface area contributed by atoms with Crippen molar-refractivity contribution in [2.24, 2.45) is 5.41 Å². The van der Waals surface area contributed by atoms with Crippen LogP contribution in [0.5, 0.6) is 0 Å². The highest BCUT2D eigenvalue weighted by Crippen LogP contribution is 2.46. The fourth-order valence-electron chi connectivity index (χ4n) is 5.18. The van der Waals surface area contributed by atoms with Gasteiger partial charge in [0.1, 0.15) is 23.6 Å². The smallest absolute Gasteiger partial charge is 0.340 e. The van der Waals surface area contributed by atoms with Crippen LogP contribution in [0.3, 0.4) is 0 Å². The number of ether oxygens (including phenoxy) is 1. The van der Waals surface area contributed by atoms with Crippen molar-refractivity contribution in [1.82, 2.24) is 4.90 Å². The molecule has 1 atom stereocenters. The van der Waals surface area contributed by atoms with Gasteiger partial charge in [-0.1, -0.05) is 5.92 Å². The number of Topliss-reactive ketones (excluding diaryl/α,β-unsaturated/α-hetero) is 2. The minimum Gasteiger partial charge on any atom is -0.340 e. The SMILES string of the molecule is CC#Cc1cc(C)c(C2C(=O)CC3(CCN(C(=O)C(C)OC(F)F)CC3)CC2=O)c(C)c1. The Morgan fingerprint density at radius 3 is 2.12 bits per heavy atom. The van der Waals surface area contributed by atoms with Gasteiger partial charge in [-0.3, -0.25) is 14.4 Å². The summed E-state index contributed by atoms with van der Waals surface area (Å²) in [5.74, 6) is 4.45. The van der Waals surface area contributed by atoms with Crippen LogP contribution in [0.1, 0.15) is 67.7 Å². The van der Waals surface area contributed by atoms with E-state index in [0.29, 0.717) is 25.9 Å². The summed E-state index contributed by atoms with van der Waals surface area (Å²) in [6.07, 6.45) is 0.323. The maximum atomic E-state index is 13.2. The Morgan fingerprint density at radius 1 is 1.12 bits per heavy atom. The van der Waals surface area contributed by atoms with Crippen LogP contribution in [0.2, 0.25) is 0 Å². The molecule has 1 heterocycles. The summed E-state index contributed by atoms with van der Waals surface area (Å²) in [6, 6.07) is 3.83. The monoisotopic (exact) mass is 445 g/mol. The van der Waals surface area contributed by atoms with Crippen molar-refractivity contribution in [2.45, 2.75) is 72.0 Å². The molecule has 172 valence electrons. The zero-order valence-corrected chi connectivity index (χ0v) is 19.0. The molecule has 32 heavy (non-hydrogen) atoms. The molecule has 1 aromatic carbocycles. The Morgan fingerprint density at radius 2 is 1.66 bits per heavy atom. The number of hydrogen-bond donors (Lipinski definition) is 0. The Labute approximate surface area is 187 Å². The van der Waals surface area contributed by atoms with Crippen molar-refractivity contribution in [3.63, 3.8) is 0 Å². The van der Waals surface area contributed by atoms with Crippen LogP contribution in [-0.4, -0.2) is 48.2 Å². The van der Waals surface area contributed by atoms with Crippen molar-refractivity contribution in [3.8, 4) is 11.8 Å². The van der Waals surface area contributed by atoms with E-state index in [-0.39, 0.29) is 24.4 Å². The quantitative estimate of drug-likeness (QED) is 0.521. The van der Waals surface area contributed by atoms with Crippen LogP contribution in [0.25, 0.3) is 0 Å². The lowest BCUT2D eigenvalue weighted by molar-refractivity contribution is -0.180. The van der Waals surface area contributed by atoms with Gasteiger partial charge in [-0.05, 0) is 74.8 Å². The molecule has 3 rings (SSSR count). The first-order chi connectivity index (χ1) is 15.1. The number of alkyl halides is 2. The van der Waals surface area contributed by atoms with Gasteiger partial charge in [0, 0.05) is 31.5 Å². The van der Waals surface area contributed by atoms with Crippen LogP contribution in [0.4, 0.5) is 8.78 Å². The van der Waals surface area contributed by atoms with E-state index in [0.717, 1.165) is 22.3 Å². The highest BCUT2D eigenvalue weighted by Gasteiger charge is 2.48. The molecule has 1 unspecified atom stereocenters. The fourth-order valence-corrected chi connectivity index (χ4v) is 5.18. The van der Waals surface area contributed by atoms with Gasteiger partial charge in [-0.15, -0.1) is 5.92 Å². The number of hydrogen-bond acceptors (Lipinski definition) is 4. The maximum absolute atomic E-state index is 13.2.